The number of anilines is 1. The molecule has 10 nitrogen and oxygen atoms in total. The van der Waals surface area contributed by atoms with Crippen LogP contribution in [0, 0.1) is 0 Å². The van der Waals surface area contributed by atoms with Gasteiger partial charge in [-0.05, 0) is 57.3 Å². The fraction of sp³-hybridized carbons (Fsp3) is 0.429. The van der Waals surface area contributed by atoms with Crippen molar-refractivity contribution in [3.63, 3.8) is 0 Å². The van der Waals surface area contributed by atoms with Crippen LogP contribution in [0.1, 0.15) is 29.8 Å². The third-order valence-corrected chi connectivity index (χ3v) is 7.18. The Morgan fingerprint density at radius 3 is 2.56 bits per heavy atom. The van der Waals surface area contributed by atoms with Crippen molar-refractivity contribution in [2.45, 2.75) is 30.9 Å². The highest BCUT2D eigenvalue weighted by Crippen LogP contribution is 2.24. The van der Waals surface area contributed by atoms with Crippen LogP contribution in [0.5, 0.6) is 0 Å². The van der Waals surface area contributed by atoms with E-state index in [4.69, 9.17) is 8.83 Å². The second-order valence-electron chi connectivity index (χ2n) is 8.04. The zero-order valence-electron chi connectivity index (χ0n) is 18.0. The van der Waals surface area contributed by atoms with E-state index in [0.717, 1.165) is 19.3 Å². The molecular formula is C21H26N4O6S. The van der Waals surface area contributed by atoms with Gasteiger partial charge in [-0.15, -0.1) is 0 Å². The van der Waals surface area contributed by atoms with E-state index in [1.807, 2.05) is 19.0 Å². The van der Waals surface area contributed by atoms with Crippen LogP contribution in [0.4, 0.5) is 5.69 Å². The van der Waals surface area contributed by atoms with Crippen LogP contribution in [0.25, 0.3) is 11.1 Å². The monoisotopic (exact) mass is 462 g/mol. The predicted molar refractivity (Wildman–Crippen MR) is 118 cm³/mol. The highest BCUT2D eigenvalue weighted by Gasteiger charge is 2.29. The van der Waals surface area contributed by atoms with E-state index in [9.17, 15) is 18.0 Å². The second-order valence-corrected chi connectivity index (χ2v) is 9.91. The number of sulfonamides is 1. The van der Waals surface area contributed by atoms with E-state index in [2.05, 4.69) is 5.32 Å². The average molecular weight is 463 g/mol. The number of fused-ring (bicyclic) bond motifs is 1. The molecule has 3 heterocycles. The van der Waals surface area contributed by atoms with Crippen molar-refractivity contribution >= 4 is 32.7 Å². The molecule has 1 aromatic carbocycles. The van der Waals surface area contributed by atoms with Gasteiger partial charge in [0.15, 0.2) is 11.3 Å². The molecule has 0 spiro atoms. The lowest BCUT2D eigenvalue weighted by atomic mass is 10.2. The minimum atomic E-state index is -3.76. The summed E-state index contributed by atoms with van der Waals surface area (Å²) in [4.78, 5) is 26.8. The number of hydrogen-bond donors (Lipinski definition) is 1. The van der Waals surface area contributed by atoms with Crippen molar-refractivity contribution in [2.75, 3.05) is 39.0 Å². The van der Waals surface area contributed by atoms with E-state index < -0.39 is 21.7 Å². The van der Waals surface area contributed by atoms with Gasteiger partial charge in [-0.2, -0.15) is 4.31 Å². The highest BCUT2D eigenvalue weighted by molar-refractivity contribution is 7.89. The molecule has 172 valence electrons. The van der Waals surface area contributed by atoms with Gasteiger partial charge < -0.3 is 19.1 Å². The van der Waals surface area contributed by atoms with Crippen LogP contribution in [-0.4, -0.2) is 61.8 Å². The smallest absolute Gasteiger partial charge is 0.419 e. The highest BCUT2D eigenvalue weighted by atomic mass is 32.2. The molecular weight excluding hydrogens is 436 g/mol. The van der Waals surface area contributed by atoms with Gasteiger partial charge in [0, 0.05) is 31.9 Å². The molecule has 0 atom stereocenters. The van der Waals surface area contributed by atoms with Crippen molar-refractivity contribution in [2.24, 2.45) is 0 Å². The van der Waals surface area contributed by atoms with Gasteiger partial charge in [-0.3, -0.25) is 9.36 Å². The van der Waals surface area contributed by atoms with Gasteiger partial charge >= 0.3 is 5.76 Å². The molecule has 1 aliphatic heterocycles. The van der Waals surface area contributed by atoms with Crippen LogP contribution in [0.3, 0.4) is 0 Å². The molecule has 0 radical (unpaired) electrons. The topological polar surface area (TPSA) is 118 Å². The van der Waals surface area contributed by atoms with Crippen LogP contribution < -0.4 is 11.1 Å². The Morgan fingerprint density at radius 2 is 1.84 bits per heavy atom. The van der Waals surface area contributed by atoms with Crippen LogP contribution in [0.15, 0.2) is 49.1 Å². The first-order chi connectivity index (χ1) is 15.3. The largest absolute Gasteiger partial charge is 0.438 e. The lowest BCUT2D eigenvalue weighted by Gasteiger charge is -2.24. The Bertz CT molecular complexity index is 1280. The van der Waals surface area contributed by atoms with E-state index >= 15 is 0 Å². The molecule has 11 heteroatoms. The first-order valence-electron chi connectivity index (χ1n) is 10.5. The van der Waals surface area contributed by atoms with Crippen molar-refractivity contribution in [3.8, 4) is 0 Å². The minimum Gasteiger partial charge on any atom is -0.438 e. The second kappa shape index (κ2) is 8.93. The molecule has 32 heavy (non-hydrogen) atoms. The Balaban J connectivity index is 1.53. The van der Waals surface area contributed by atoms with E-state index in [1.165, 1.54) is 21.0 Å². The maximum atomic E-state index is 12.7. The van der Waals surface area contributed by atoms with Gasteiger partial charge in [0.1, 0.15) is 0 Å². The Morgan fingerprint density at radius 1 is 1.09 bits per heavy atom. The molecule has 1 fully saturated rings. The number of rotatable bonds is 7. The lowest BCUT2D eigenvalue weighted by Crippen LogP contribution is -2.35. The third kappa shape index (κ3) is 4.50. The number of furan rings is 1. The SMILES string of the molecule is CN(C)CCn1c(=O)oc2ccc(NC(=O)c3ccc(S(=O)(=O)N4CCCCC4)o3)cc21. The number of carbonyl (C=O) groups excluding carboxylic acids is 1. The van der Waals surface area contributed by atoms with Gasteiger partial charge in [-0.25, -0.2) is 13.2 Å². The summed E-state index contributed by atoms with van der Waals surface area (Å²) in [5.41, 5.74) is 1.40. The van der Waals surface area contributed by atoms with Gasteiger partial charge in [0.2, 0.25) is 5.09 Å². The van der Waals surface area contributed by atoms with Gasteiger partial charge in [0.25, 0.3) is 15.9 Å². The van der Waals surface area contributed by atoms with E-state index in [-0.39, 0.29) is 10.9 Å². The number of piperidine rings is 1. The summed E-state index contributed by atoms with van der Waals surface area (Å²) in [6.45, 7) is 1.98. The zero-order chi connectivity index (χ0) is 22.9. The third-order valence-electron chi connectivity index (χ3n) is 5.41. The predicted octanol–water partition coefficient (Wildman–Crippen LogP) is 2.18. The Labute approximate surface area is 185 Å². The normalized spacial score (nSPS) is 15.5. The first kappa shape index (κ1) is 22.3. The molecule has 1 N–H and O–H groups in total. The maximum Gasteiger partial charge on any atom is 0.419 e. The molecule has 0 bridgehead atoms. The van der Waals surface area contributed by atoms with Crippen molar-refractivity contribution in [3.05, 3.63) is 46.6 Å². The van der Waals surface area contributed by atoms with Crippen LogP contribution >= 0.6 is 0 Å². The van der Waals surface area contributed by atoms with E-state index in [0.29, 0.717) is 43.0 Å². The zero-order valence-corrected chi connectivity index (χ0v) is 18.9. The number of amides is 1. The molecule has 1 aliphatic rings. The van der Waals surface area contributed by atoms with Crippen LogP contribution in [0.2, 0.25) is 0 Å². The molecule has 1 amide bonds. The summed E-state index contributed by atoms with van der Waals surface area (Å²) < 4.78 is 39.0. The lowest BCUT2D eigenvalue weighted by molar-refractivity contribution is 0.0991. The molecule has 1 saturated heterocycles. The quantitative estimate of drug-likeness (QED) is 0.572. The summed E-state index contributed by atoms with van der Waals surface area (Å²) in [6.07, 6.45) is 2.62. The Hall–Kier alpha value is -2.89. The summed E-state index contributed by atoms with van der Waals surface area (Å²) >= 11 is 0. The molecule has 4 rings (SSSR count). The number of benzene rings is 1. The number of aromatic nitrogens is 1. The fourth-order valence-corrected chi connectivity index (χ4v) is 5.09. The molecule has 0 unspecified atom stereocenters. The Kier molecular flexibility index (Phi) is 6.22. The number of carbonyl (C=O) groups is 1. The standard InChI is InChI=1S/C21H26N4O6S/c1-23(2)12-13-25-16-14-15(6-7-17(16)31-21(25)27)22-20(26)18-8-9-19(30-18)32(28,29)24-10-4-3-5-11-24/h6-9,14H,3-5,10-13H2,1-2H3,(H,22,26). The van der Waals surface area contributed by atoms with Crippen molar-refractivity contribution in [1.82, 2.24) is 13.8 Å². The average Bonchev–Trinajstić information content (AvgIpc) is 3.38. The summed E-state index contributed by atoms with van der Waals surface area (Å²) in [6, 6.07) is 7.50. The van der Waals surface area contributed by atoms with Gasteiger partial charge in [-0.1, -0.05) is 6.42 Å². The summed E-state index contributed by atoms with van der Waals surface area (Å²) in [7, 11) is 0.0492. The number of nitrogens with zero attached hydrogens (tertiary/aromatic N) is 3. The minimum absolute atomic E-state index is 0.113. The maximum absolute atomic E-state index is 12.7. The van der Waals surface area contributed by atoms with Crippen molar-refractivity contribution < 1.29 is 22.0 Å². The summed E-state index contributed by atoms with van der Waals surface area (Å²) in [5, 5.41) is 2.44. The number of nitrogens with one attached hydrogen (secondary N) is 1. The summed E-state index contributed by atoms with van der Waals surface area (Å²) in [5.74, 6) is -1.17. The van der Waals surface area contributed by atoms with E-state index in [1.54, 1.807) is 18.2 Å². The molecule has 0 saturated carbocycles. The number of hydrogen-bond acceptors (Lipinski definition) is 7. The van der Waals surface area contributed by atoms with Gasteiger partial charge in [0.05, 0.1) is 5.52 Å². The molecule has 2 aromatic heterocycles. The van der Waals surface area contributed by atoms with Crippen LogP contribution in [-0.2, 0) is 16.6 Å². The fourth-order valence-electron chi connectivity index (χ4n) is 3.66. The molecule has 3 aromatic rings. The first-order valence-corrected chi connectivity index (χ1v) is 11.9. The van der Waals surface area contributed by atoms with Crippen molar-refractivity contribution in [1.29, 1.82) is 0 Å². The molecule has 0 aliphatic carbocycles. The number of oxazole rings is 1. The number of likely N-dealkylation sites (N-methyl/N-ethyl adjacent to an activating group) is 1.